The van der Waals surface area contributed by atoms with Crippen LogP contribution in [-0.4, -0.2) is 11.5 Å². The Kier molecular flexibility index (Phi) is 5.36. The molecule has 0 aliphatic heterocycles. The molecule has 94 valence electrons. The summed E-state index contributed by atoms with van der Waals surface area (Å²) >= 11 is 0. The fraction of sp³-hybridized carbons (Fsp3) is 0.533. The van der Waals surface area contributed by atoms with Crippen molar-refractivity contribution in [3.8, 4) is 0 Å². The van der Waals surface area contributed by atoms with Crippen LogP contribution in [0.5, 0.6) is 0 Å². The Hall–Kier alpha value is -1.15. The quantitative estimate of drug-likeness (QED) is 0.783. The first-order valence-electron chi connectivity index (χ1n) is 6.36. The zero-order valence-electron chi connectivity index (χ0n) is 11.7. The molecular formula is C15H24N2. The Morgan fingerprint density at radius 2 is 2.12 bits per heavy atom. The number of hydrogen-bond acceptors (Lipinski definition) is 2. The predicted octanol–water partition coefficient (Wildman–Crippen LogP) is 3.71. The Labute approximate surface area is 105 Å². The minimum atomic E-state index is 0.237. The summed E-state index contributed by atoms with van der Waals surface area (Å²) in [5, 5.41) is 3.54. The molecule has 0 aliphatic rings. The summed E-state index contributed by atoms with van der Waals surface area (Å²) in [5.74, 6) is 0. The fourth-order valence-corrected chi connectivity index (χ4v) is 1.92. The van der Waals surface area contributed by atoms with E-state index in [0.717, 1.165) is 18.7 Å². The van der Waals surface area contributed by atoms with E-state index in [4.69, 9.17) is 0 Å². The zero-order chi connectivity index (χ0) is 12.8. The summed E-state index contributed by atoms with van der Waals surface area (Å²) in [4.78, 5) is 4.58. The van der Waals surface area contributed by atoms with E-state index in [2.05, 4.69) is 57.1 Å². The normalized spacial score (nSPS) is 12.3. The second-order valence-corrected chi connectivity index (χ2v) is 4.89. The first-order chi connectivity index (χ1) is 8.04. The van der Waals surface area contributed by atoms with Gasteiger partial charge in [-0.15, -0.1) is 0 Å². The van der Waals surface area contributed by atoms with Crippen LogP contribution in [0.4, 0.5) is 0 Å². The lowest BCUT2D eigenvalue weighted by Gasteiger charge is -2.17. The van der Waals surface area contributed by atoms with Gasteiger partial charge in [0.2, 0.25) is 0 Å². The molecule has 0 aromatic carbocycles. The van der Waals surface area contributed by atoms with Crippen LogP contribution in [0.2, 0.25) is 0 Å². The van der Waals surface area contributed by atoms with E-state index < -0.39 is 0 Å². The van der Waals surface area contributed by atoms with Gasteiger partial charge in [0.05, 0.1) is 11.7 Å². The standard InChI is InChI=1S/C15H24N2/c1-6-7-16-14(8-11(2)3)15-13(5)9-12(4)10-17-15/h8-10,14,16H,6-7H2,1-5H3. The topological polar surface area (TPSA) is 24.9 Å². The van der Waals surface area contributed by atoms with E-state index >= 15 is 0 Å². The van der Waals surface area contributed by atoms with Crippen molar-refractivity contribution in [3.63, 3.8) is 0 Å². The van der Waals surface area contributed by atoms with Crippen LogP contribution in [0.3, 0.4) is 0 Å². The summed E-state index contributed by atoms with van der Waals surface area (Å²) in [7, 11) is 0. The lowest BCUT2D eigenvalue weighted by atomic mass is 10.0. The molecule has 0 bridgehead atoms. The Morgan fingerprint density at radius 1 is 1.41 bits per heavy atom. The summed E-state index contributed by atoms with van der Waals surface area (Å²) in [5.41, 5.74) is 4.94. The molecule has 0 saturated carbocycles. The molecule has 0 saturated heterocycles. The molecule has 2 nitrogen and oxygen atoms in total. The number of aryl methyl sites for hydroxylation is 2. The highest BCUT2D eigenvalue weighted by Gasteiger charge is 2.11. The molecule has 1 aromatic heterocycles. The highest BCUT2D eigenvalue weighted by atomic mass is 14.9. The van der Waals surface area contributed by atoms with Gasteiger partial charge in [-0.25, -0.2) is 0 Å². The number of hydrogen-bond donors (Lipinski definition) is 1. The molecule has 0 aliphatic carbocycles. The molecule has 0 fully saturated rings. The van der Waals surface area contributed by atoms with Gasteiger partial charge in [-0.1, -0.05) is 24.6 Å². The van der Waals surface area contributed by atoms with Crippen molar-refractivity contribution >= 4 is 0 Å². The third-order valence-electron chi connectivity index (χ3n) is 2.66. The van der Waals surface area contributed by atoms with Crippen LogP contribution >= 0.6 is 0 Å². The van der Waals surface area contributed by atoms with Crippen LogP contribution in [0.15, 0.2) is 23.9 Å². The van der Waals surface area contributed by atoms with Crippen LogP contribution in [0.1, 0.15) is 50.1 Å². The fourth-order valence-electron chi connectivity index (χ4n) is 1.92. The lowest BCUT2D eigenvalue weighted by molar-refractivity contribution is 0.595. The first kappa shape index (κ1) is 13.9. The minimum absolute atomic E-state index is 0.237. The molecule has 1 N–H and O–H groups in total. The average molecular weight is 232 g/mol. The highest BCUT2D eigenvalue weighted by Crippen LogP contribution is 2.18. The minimum Gasteiger partial charge on any atom is -0.305 e. The van der Waals surface area contributed by atoms with Crippen molar-refractivity contribution in [2.75, 3.05) is 6.54 Å². The molecule has 1 heterocycles. The van der Waals surface area contributed by atoms with Gasteiger partial charge in [-0.05, 0) is 51.8 Å². The average Bonchev–Trinajstić information content (AvgIpc) is 2.24. The molecule has 2 heteroatoms. The van der Waals surface area contributed by atoms with Crippen molar-refractivity contribution in [1.29, 1.82) is 0 Å². The van der Waals surface area contributed by atoms with Crippen molar-refractivity contribution in [3.05, 3.63) is 40.7 Å². The number of aromatic nitrogens is 1. The van der Waals surface area contributed by atoms with E-state index in [-0.39, 0.29) is 6.04 Å². The van der Waals surface area contributed by atoms with E-state index in [1.165, 1.54) is 16.7 Å². The molecule has 1 rings (SSSR count). The largest absolute Gasteiger partial charge is 0.305 e. The van der Waals surface area contributed by atoms with Gasteiger partial charge in [0.1, 0.15) is 0 Å². The second-order valence-electron chi connectivity index (χ2n) is 4.89. The molecule has 0 spiro atoms. The Morgan fingerprint density at radius 3 is 2.65 bits per heavy atom. The van der Waals surface area contributed by atoms with Crippen molar-refractivity contribution in [2.45, 2.75) is 47.1 Å². The molecule has 1 unspecified atom stereocenters. The van der Waals surface area contributed by atoms with Gasteiger partial charge in [-0.2, -0.15) is 0 Å². The predicted molar refractivity (Wildman–Crippen MR) is 74.2 cm³/mol. The van der Waals surface area contributed by atoms with Gasteiger partial charge in [-0.3, -0.25) is 4.98 Å². The maximum Gasteiger partial charge on any atom is 0.0686 e. The Balaban J connectivity index is 2.99. The Bertz CT molecular complexity index is 390. The van der Waals surface area contributed by atoms with Crippen LogP contribution < -0.4 is 5.32 Å². The smallest absolute Gasteiger partial charge is 0.0686 e. The summed E-state index contributed by atoms with van der Waals surface area (Å²) in [6, 6.07) is 2.43. The van der Waals surface area contributed by atoms with Crippen LogP contribution in [0.25, 0.3) is 0 Å². The van der Waals surface area contributed by atoms with Gasteiger partial charge >= 0.3 is 0 Å². The maximum atomic E-state index is 4.58. The van der Waals surface area contributed by atoms with Gasteiger partial charge < -0.3 is 5.32 Å². The maximum absolute atomic E-state index is 4.58. The van der Waals surface area contributed by atoms with Crippen molar-refractivity contribution in [2.24, 2.45) is 0 Å². The highest BCUT2D eigenvalue weighted by molar-refractivity contribution is 5.28. The number of allylic oxidation sites excluding steroid dienone is 1. The summed E-state index contributed by atoms with van der Waals surface area (Å²) < 4.78 is 0. The van der Waals surface area contributed by atoms with Crippen molar-refractivity contribution < 1.29 is 0 Å². The monoisotopic (exact) mass is 232 g/mol. The van der Waals surface area contributed by atoms with Crippen molar-refractivity contribution in [1.82, 2.24) is 10.3 Å². The molecule has 0 radical (unpaired) electrons. The molecule has 1 aromatic rings. The van der Waals surface area contributed by atoms with Crippen LogP contribution in [0, 0.1) is 13.8 Å². The summed E-state index contributed by atoms with van der Waals surface area (Å²) in [6.07, 6.45) is 5.33. The second kappa shape index (κ2) is 6.55. The third kappa shape index (κ3) is 4.31. The molecule has 0 amide bonds. The van der Waals surface area contributed by atoms with E-state index in [0.29, 0.717) is 0 Å². The number of nitrogens with one attached hydrogen (secondary N) is 1. The SMILES string of the molecule is CCCNC(C=C(C)C)c1ncc(C)cc1C. The van der Waals surface area contributed by atoms with Gasteiger partial charge in [0.25, 0.3) is 0 Å². The van der Waals surface area contributed by atoms with Crippen LogP contribution in [-0.2, 0) is 0 Å². The third-order valence-corrected chi connectivity index (χ3v) is 2.66. The molecular weight excluding hydrogens is 208 g/mol. The van der Waals surface area contributed by atoms with E-state index in [1.807, 2.05) is 6.20 Å². The van der Waals surface area contributed by atoms with Gasteiger partial charge in [0.15, 0.2) is 0 Å². The number of nitrogens with zero attached hydrogens (tertiary/aromatic N) is 1. The first-order valence-corrected chi connectivity index (χ1v) is 6.36. The zero-order valence-corrected chi connectivity index (χ0v) is 11.7. The molecule has 1 atom stereocenters. The summed E-state index contributed by atoms with van der Waals surface area (Å²) in [6.45, 7) is 11.7. The number of pyridine rings is 1. The number of rotatable bonds is 5. The van der Waals surface area contributed by atoms with E-state index in [1.54, 1.807) is 0 Å². The van der Waals surface area contributed by atoms with Gasteiger partial charge in [0, 0.05) is 6.20 Å². The lowest BCUT2D eigenvalue weighted by Crippen LogP contribution is -2.22. The molecule has 17 heavy (non-hydrogen) atoms. The van der Waals surface area contributed by atoms with E-state index in [9.17, 15) is 0 Å².